The van der Waals surface area contributed by atoms with E-state index in [1.807, 2.05) is 24.3 Å². The van der Waals surface area contributed by atoms with Crippen molar-refractivity contribution in [1.82, 2.24) is 10.2 Å². The van der Waals surface area contributed by atoms with E-state index in [0.29, 0.717) is 11.1 Å². The number of rotatable bonds is 8. The molecule has 2 amide bonds. The Hall–Kier alpha value is -3.24. The van der Waals surface area contributed by atoms with Gasteiger partial charge in [0.15, 0.2) is 0 Å². The molecule has 3 aromatic rings. The van der Waals surface area contributed by atoms with Gasteiger partial charge >= 0.3 is 0 Å². The summed E-state index contributed by atoms with van der Waals surface area (Å²) in [6.45, 7) is 4.42. The number of imide groups is 1. The molecular weight excluding hydrogens is 372 g/mol. The molecule has 0 unspecified atom stereocenters. The predicted molar refractivity (Wildman–Crippen MR) is 119 cm³/mol. The van der Waals surface area contributed by atoms with Gasteiger partial charge in [-0.25, -0.2) is 0 Å². The zero-order chi connectivity index (χ0) is 20.9. The van der Waals surface area contributed by atoms with Gasteiger partial charge in [0.05, 0.1) is 17.7 Å². The highest BCUT2D eigenvalue weighted by Crippen LogP contribution is 2.25. The Morgan fingerprint density at radius 2 is 1.27 bits per heavy atom. The topological polar surface area (TPSA) is 49.4 Å². The second kappa shape index (κ2) is 9.06. The molecule has 1 aliphatic heterocycles. The molecule has 4 nitrogen and oxygen atoms in total. The molecule has 0 radical (unpaired) electrons. The predicted octanol–water partition coefficient (Wildman–Crippen LogP) is 5.04. The number of carbonyl (C=O) groups excluding carboxylic acids is 2. The minimum absolute atomic E-state index is 0.220. The fourth-order valence-electron chi connectivity index (χ4n) is 3.72. The van der Waals surface area contributed by atoms with Gasteiger partial charge in [-0.15, -0.1) is 0 Å². The zero-order valence-electron chi connectivity index (χ0n) is 17.2. The first-order valence-corrected chi connectivity index (χ1v) is 10.5. The van der Waals surface area contributed by atoms with Crippen LogP contribution >= 0.6 is 0 Å². The summed E-state index contributed by atoms with van der Waals surface area (Å²) in [5.41, 5.74) is 5.46. The van der Waals surface area contributed by atoms with E-state index in [2.05, 4.69) is 36.5 Å². The monoisotopic (exact) mass is 398 g/mol. The Morgan fingerprint density at radius 3 is 1.80 bits per heavy atom. The number of nitrogens with one attached hydrogen (secondary N) is 1. The Labute approximate surface area is 177 Å². The van der Waals surface area contributed by atoms with Crippen LogP contribution in [0.25, 0.3) is 11.1 Å². The number of hydrogen-bond donors (Lipinski definition) is 1. The first-order valence-electron chi connectivity index (χ1n) is 10.5. The van der Waals surface area contributed by atoms with Gasteiger partial charge < -0.3 is 5.32 Å². The summed E-state index contributed by atoms with van der Waals surface area (Å²) in [5, 5.41) is 3.46. The Balaban J connectivity index is 1.40. The summed E-state index contributed by atoms with van der Waals surface area (Å²) in [6.07, 6.45) is 2.40. The van der Waals surface area contributed by atoms with Crippen LogP contribution in [0.5, 0.6) is 0 Å². The Kier molecular flexibility index (Phi) is 6.05. The highest BCUT2D eigenvalue weighted by Gasteiger charge is 2.34. The van der Waals surface area contributed by atoms with Crippen LogP contribution in [0.4, 0.5) is 0 Å². The van der Waals surface area contributed by atoms with Gasteiger partial charge in [0.25, 0.3) is 11.8 Å². The molecule has 0 aromatic heterocycles. The highest BCUT2D eigenvalue weighted by atomic mass is 16.2. The first-order chi connectivity index (χ1) is 14.7. The van der Waals surface area contributed by atoms with Crippen LogP contribution in [-0.4, -0.2) is 23.3 Å². The van der Waals surface area contributed by atoms with Crippen molar-refractivity contribution in [3.63, 3.8) is 0 Å². The van der Waals surface area contributed by atoms with E-state index in [4.69, 9.17) is 0 Å². The molecule has 1 aliphatic rings. The second-order valence-electron chi connectivity index (χ2n) is 7.67. The second-order valence-corrected chi connectivity index (χ2v) is 7.67. The van der Waals surface area contributed by atoms with Crippen LogP contribution in [0.15, 0.2) is 72.8 Å². The molecule has 0 saturated heterocycles. The van der Waals surface area contributed by atoms with Gasteiger partial charge in [-0.05, 0) is 47.4 Å². The lowest BCUT2D eigenvalue weighted by Crippen LogP contribution is -2.29. The van der Waals surface area contributed by atoms with Crippen LogP contribution in [0.3, 0.4) is 0 Å². The van der Waals surface area contributed by atoms with Gasteiger partial charge in [-0.1, -0.05) is 74.0 Å². The van der Waals surface area contributed by atoms with Gasteiger partial charge in [0.1, 0.15) is 0 Å². The van der Waals surface area contributed by atoms with E-state index in [9.17, 15) is 9.59 Å². The molecule has 152 valence electrons. The fraction of sp³-hybridized carbons (Fsp3) is 0.231. The number of nitrogens with zero attached hydrogens (tertiary/aromatic N) is 1. The first kappa shape index (κ1) is 20.0. The van der Waals surface area contributed by atoms with E-state index < -0.39 is 0 Å². The average Bonchev–Trinajstić information content (AvgIpc) is 3.03. The molecule has 3 aromatic carbocycles. The van der Waals surface area contributed by atoms with Gasteiger partial charge in [0.2, 0.25) is 0 Å². The van der Waals surface area contributed by atoms with Crippen molar-refractivity contribution in [2.75, 3.05) is 6.54 Å². The number of fused-ring (bicyclic) bond motifs is 1. The van der Waals surface area contributed by atoms with E-state index in [0.717, 1.165) is 29.8 Å². The quantitative estimate of drug-likeness (QED) is 0.427. The molecule has 0 saturated carbocycles. The molecule has 4 heteroatoms. The van der Waals surface area contributed by atoms with Crippen molar-refractivity contribution in [1.29, 1.82) is 0 Å². The molecule has 0 fully saturated rings. The number of amides is 2. The minimum atomic E-state index is -0.220. The van der Waals surface area contributed by atoms with Crippen molar-refractivity contribution in [2.24, 2.45) is 0 Å². The molecule has 4 rings (SSSR count). The van der Waals surface area contributed by atoms with Crippen LogP contribution in [0.2, 0.25) is 0 Å². The lowest BCUT2D eigenvalue weighted by molar-refractivity contribution is 0.0642. The van der Waals surface area contributed by atoms with Crippen LogP contribution in [0.1, 0.15) is 51.6 Å². The van der Waals surface area contributed by atoms with Crippen molar-refractivity contribution < 1.29 is 9.59 Å². The molecule has 1 N–H and O–H groups in total. The van der Waals surface area contributed by atoms with Crippen molar-refractivity contribution in [3.05, 3.63) is 95.1 Å². The maximum atomic E-state index is 12.5. The van der Waals surface area contributed by atoms with Gasteiger partial charge in [-0.3, -0.25) is 14.5 Å². The molecule has 30 heavy (non-hydrogen) atoms. The molecule has 0 atom stereocenters. The van der Waals surface area contributed by atoms with Crippen LogP contribution < -0.4 is 5.32 Å². The average molecular weight is 399 g/mol. The third-order valence-corrected chi connectivity index (χ3v) is 5.50. The normalized spacial score (nSPS) is 13.0. The van der Waals surface area contributed by atoms with Crippen LogP contribution in [-0.2, 0) is 13.1 Å². The van der Waals surface area contributed by atoms with Gasteiger partial charge in [-0.2, -0.15) is 0 Å². The summed E-state index contributed by atoms with van der Waals surface area (Å²) >= 11 is 0. The summed E-state index contributed by atoms with van der Waals surface area (Å²) in [7, 11) is 0. The molecule has 1 heterocycles. The van der Waals surface area contributed by atoms with Gasteiger partial charge in [0, 0.05) is 6.54 Å². The lowest BCUT2D eigenvalue weighted by Gasteiger charge is -2.14. The van der Waals surface area contributed by atoms with Crippen molar-refractivity contribution in [2.45, 2.75) is 32.9 Å². The number of carbonyl (C=O) groups is 2. The standard InChI is InChI=1S/C26H26N2O2/c1-2-3-16-27-17-19-8-12-21(13-9-19)22-14-10-20(11-15-22)18-28-25(29)23-6-4-5-7-24(23)26(28)30/h4-15,27H,2-3,16-18H2,1H3. The SMILES string of the molecule is CCCCNCc1ccc(-c2ccc(CN3C(=O)c4ccccc4C3=O)cc2)cc1. The molecule has 0 bridgehead atoms. The van der Waals surface area contributed by atoms with E-state index >= 15 is 0 Å². The number of unbranched alkanes of at least 4 members (excludes halogenated alkanes) is 1. The summed E-state index contributed by atoms with van der Waals surface area (Å²) in [5.74, 6) is -0.439. The van der Waals surface area contributed by atoms with Crippen LogP contribution in [0, 0.1) is 0 Å². The maximum absolute atomic E-state index is 12.5. The summed E-state index contributed by atoms with van der Waals surface area (Å²) < 4.78 is 0. The Morgan fingerprint density at radius 1 is 0.733 bits per heavy atom. The fourth-order valence-corrected chi connectivity index (χ4v) is 3.72. The third kappa shape index (κ3) is 4.19. The molecular formula is C26H26N2O2. The van der Waals surface area contributed by atoms with E-state index in [-0.39, 0.29) is 18.4 Å². The largest absolute Gasteiger partial charge is 0.313 e. The lowest BCUT2D eigenvalue weighted by atomic mass is 10.0. The number of hydrogen-bond acceptors (Lipinski definition) is 3. The van der Waals surface area contributed by atoms with E-state index in [1.165, 1.54) is 23.3 Å². The summed E-state index contributed by atoms with van der Waals surface area (Å²) in [4.78, 5) is 26.4. The smallest absolute Gasteiger partial charge is 0.261 e. The zero-order valence-corrected chi connectivity index (χ0v) is 17.2. The Bertz CT molecular complexity index is 1000. The molecule has 0 spiro atoms. The third-order valence-electron chi connectivity index (χ3n) is 5.50. The van der Waals surface area contributed by atoms with Crippen molar-refractivity contribution in [3.8, 4) is 11.1 Å². The minimum Gasteiger partial charge on any atom is -0.313 e. The van der Waals surface area contributed by atoms with Crippen molar-refractivity contribution >= 4 is 11.8 Å². The van der Waals surface area contributed by atoms with E-state index in [1.54, 1.807) is 24.3 Å². The summed E-state index contributed by atoms with van der Waals surface area (Å²) in [6, 6.07) is 23.6. The molecule has 0 aliphatic carbocycles. The maximum Gasteiger partial charge on any atom is 0.261 e. The number of benzene rings is 3. The highest BCUT2D eigenvalue weighted by molar-refractivity contribution is 6.21.